The van der Waals surface area contributed by atoms with Crippen LogP contribution in [0.25, 0.3) is 0 Å². The standard InChI is InChI=1S/C14H27N3O3S/c1-5-7-15-9-13-8-14(10-17(13)3)21(18,19)16-12(6-2)11-20-4/h8,10,12,15-16H,5-7,9,11H2,1-4H3. The van der Waals surface area contributed by atoms with Crippen LogP contribution in [0.1, 0.15) is 32.4 Å². The summed E-state index contributed by atoms with van der Waals surface area (Å²) in [6.45, 7) is 5.97. The predicted molar refractivity (Wildman–Crippen MR) is 83.7 cm³/mol. The lowest BCUT2D eigenvalue weighted by Crippen LogP contribution is -2.37. The van der Waals surface area contributed by atoms with Crippen molar-refractivity contribution < 1.29 is 13.2 Å². The quantitative estimate of drug-likeness (QED) is 0.637. The number of nitrogens with one attached hydrogen (secondary N) is 2. The summed E-state index contributed by atoms with van der Waals surface area (Å²) < 4.78 is 34.3. The molecule has 0 aromatic carbocycles. The predicted octanol–water partition coefficient (Wildman–Crippen LogP) is 1.23. The summed E-state index contributed by atoms with van der Waals surface area (Å²) in [5.41, 5.74) is 0.948. The SMILES string of the molecule is CCCNCc1cc(S(=O)(=O)NC(CC)COC)cn1C. The summed E-state index contributed by atoms with van der Waals surface area (Å²) in [6, 6.07) is 1.51. The molecule has 0 spiro atoms. The van der Waals surface area contributed by atoms with Crippen molar-refractivity contribution in [2.45, 2.75) is 44.2 Å². The van der Waals surface area contributed by atoms with Gasteiger partial charge in [-0.2, -0.15) is 0 Å². The van der Waals surface area contributed by atoms with E-state index < -0.39 is 10.0 Å². The van der Waals surface area contributed by atoms with Crippen molar-refractivity contribution in [3.63, 3.8) is 0 Å². The van der Waals surface area contributed by atoms with Crippen LogP contribution in [0.5, 0.6) is 0 Å². The van der Waals surface area contributed by atoms with Gasteiger partial charge in [0.2, 0.25) is 10.0 Å². The monoisotopic (exact) mass is 317 g/mol. The maximum Gasteiger partial charge on any atom is 0.242 e. The Morgan fingerprint density at radius 3 is 2.67 bits per heavy atom. The Bertz CT molecular complexity index is 526. The molecule has 21 heavy (non-hydrogen) atoms. The average Bonchev–Trinajstić information content (AvgIpc) is 2.81. The minimum absolute atomic E-state index is 0.207. The Hall–Kier alpha value is -0.890. The van der Waals surface area contributed by atoms with Crippen LogP contribution in [0.2, 0.25) is 0 Å². The highest BCUT2D eigenvalue weighted by molar-refractivity contribution is 7.89. The summed E-state index contributed by atoms with van der Waals surface area (Å²) in [7, 11) is -0.0826. The second kappa shape index (κ2) is 8.53. The lowest BCUT2D eigenvalue weighted by molar-refractivity contribution is 0.173. The molecule has 122 valence electrons. The molecule has 1 aromatic heterocycles. The number of aromatic nitrogens is 1. The van der Waals surface area contributed by atoms with E-state index >= 15 is 0 Å². The van der Waals surface area contributed by atoms with Crippen LogP contribution >= 0.6 is 0 Å². The minimum atomic E-state index is -3.50. The van der Waals surface area contributed by atoms with Crippen LogP contribution in [0.4, 0.5) is 0 Å². The molecule has 0 aliphatic carbocycles. The van der Waals surface area contributed by atoms with E-state index in [1.54, 1.807) is 19.4 Å². The molecule has 0 saturated heterocycles. The fraction of sp³-hybridized carbons (Fsp3) is 0.714. The maximum absolute atomic E-state index is 12.4. The molecule has 7 heteroatoms. The Morgan fingerprint density at radius 1 is 1.38 bits per heavy atom. The van der Waals surface area contributed by atoms with Crippen molar-refractivity contribution in [3.8, 4) is 0 Å². The number of aryl methyl sites for hydroxylation is 1. The first-order chi connectivity index (χ1) is 9.94. The summed E-state index contributed by atoms with van der Waals surface area (Å²) in [5.74, 6) is 0. The second-order valence-electron chi connectivity index (χ2n) is 5.14. The van der Waals surface area contributed by atoms with E-state index in [0.29, 0.717) is 24.5 Å². The van der Waals surface area contributed by atoms with Gasteiger partial charge in [0.15, 0.2) is 0 Å². The van der Waals surface area contributed by atoms with E-state index in [2.05, 4.69) is 17.0 Å². The third kappa shape index (κ3) is 5.43. The molecule has 1 rings (SSSR count). The summed E-state index contributed by atoms with van der Waals surface area (Å²) >= 11 is 0. The number of rotatable bonds is 10. The van der Waals surface area contributed by atoms with Gasteiger partial charge in [0.25, 0.3) is 0 Å². The Labute approximate surface area is 127 Å². The van der Waals surface area contributed by atoms with Gasteiger partial charge in [-0.3, -0.25) is 0 Å². The molecule has 6 nitrogen and oxygen atoms in total. The molecule has 2 N–H and O–H groups in total. The lowest BCUT2D eigenvalue weighted by Gasteiger charge is -2.15. The van der Waals surface area contributed by atoms with Crippen molar-refractivity contribution in [1.82, 2.24) is 14.6 Å². The smallest absolute Gasteiger partial charge is 0.242 e. The highest BCUT2D eigenvalue weighted by atomic mass is 32.2. The Kier molecular flexibility index (Phi) is 7.37. The number of ether oxygens (including phenoxy) is 1. The average molecular weight is 317 g/mol. The van der Waals surface area contributed by atoms with Crippen LogP contribution in [0.15, 0.2) is 17.2 Å². The van der Waals surface area contributed by atoms with Gasteiger partial charge in [-0.15, -0.1) is 0 Å². The number of sulfonamides is 1. The van der Waals surface area contributed by atoms with E-state index in [9.17, 15) is 8.42 Å². The van der Waals surface area contributed by atoms with E-state index in [4.69, 9.17) is 4.74 Å². The van der Waals surface area contributed by atoms with Gasteiger partial charge >= 0.3 is 0 Å². The lowest BCUT2D eigenvalue weighted by atomic mass is 10.3. The first kappa shape index (κ1) is 18.2. The van der Waals surface area contributed by atoms with Crippen molar-refractivity contribution in [2.24, 2.45) is 7.05 Å². The molecule has 0 radical (unpaired) electrons. The van der Waals surface area contributed by atoms with E-state index in [1.165, 1.54) is 0 Å². The number of hydrogen-bond donors (Lipinski definition) is 2. The molecule has 0 aliphatic heterocycles. The maximum atomic E-state index is 12.4. The van der Waals surface area contributed by atoms with Crippen LogP contribution in [-0.4, -0.2) is 39.3 Å². The van der Waals surface area contributed by atoms with Crippen LogP contribution in [0, 0.1) is 0 Å². The molecule has 0 aliphatic rings. The zero-order chi connectivity index (χ0) is 15.9. The second-order valence-corrected chi connectivity index (χ2v) is 6.85. The van der Waals surface area contributed by atoms with Gasteiger partial charge in [-0.1, -0.05) is 13.8 Å². The molecule has 1 unspecified atom stereocenters. The molecular weight excluding hydrogens is 290 g/mol. The van der Waals surface area contributed by atoms with Crippen molar-refractivity contribution in [2.75, 3.05) is 20.3 Å². The van der Waals surface area contributed by atoms with Crippen molar-refractivity contribution >= 4 is 10.0 Å². The zero-order valence-electron chi connectivity index (χ0n) is 13.3. The first-order valence-electron chi connectivity index (χ1n) is 7.31. The first-order valence-corrected chi connectivity index (χ1v) is 8.80. The van der Waals surface area contributed by atoms with Gasteiger partial charge in [0, 0.05) is 38.6 Å². The summed E-state index contributed by atoms with van der Waals surface area (Å²) in [4.78, 5) is 0.299. The highest BCUT2D eigenvalue weighted by Crippen LogP contribution is 2.14. The van der Waals surface area contributed by atoms with Gasteiger partial charge in [0.05, 0.1) is 11.5 Å². The molecule has 1 aromatic rings. The molecule has 0 fully saturated rings. The summed E-state index contributed by atoms with van der Waals surface area (Å²) in [6.07, 6.45) is 3.38. The highest BCUT2D eigenvalue weighted by Gasteiger charge is 2.21. The number of nitrogens with zero attached hydrogens (tertiary/aromatic N) is 1. The van der Waals surface area contributed by atoms with Gasteiger partial charge in [0.1, 0.15) is 0 Å². The fourth-order valence-electron chi connectivity index (χ4n) is 2.02. The van der Waals surface area contributed by atoms with Gasteiger partial charge < -0.3 is 14.6 Å². The Balaban J connectivity index is 2.81. The largest absolute Gasteiger partial charge is 0.383 e. The zero-order valence-corrected chi connectivity index (χ0v) is 14.2. The summed E-state index contributed by atoms with van der Waals surface area (Å²) in [5, 5.41) is 3.27. The van der Waals surface area contributed by atoms with Crippen molar-refractivity contribution in [3.05, 3.63) is 18.0 Å². The molecular formula is C14H27N3O3S. The van der Waals surface area contributed by atoms with E-state index in [1.807, 2.05) is 18.5 Å². The van der Waals surface area contributed by atoms with Gasteiger partial charge in [-0.05, 0) is 25.5 Å². The van der Waals surface area contributed by atoms with Crippen LogP contribution < -0.4 is 10.0 Å². The molecule has 1 atom stereocenters. The Morgan fingerprint density at radius 2 is 2.10 bits per heavy atom. The van der Waals surface area contributed by atoms with Crippen LogP contribution in [-0.2, 0) is 28.4 Å². The molecule has 1 heterocycles. The van der Waals surface area contributed by atoms with Crippen LogP contribution in [0.3, 0.4) is 0 Å². The normalized spacial score (nSPS) is 13.5. The van der Waals surface area contributed by atoms with E-state index in [0.717, 1.165) is 18.7 Å². The molecule has 0 saturated carbocycles. The van der Waals surface area contributed by atoms with Crippen molar-refractivity contribution in [1.29, 1.82) is 0 Å². The minimum Gasteiger partial charge on any atom is -0.383 e. The third-order valence-corrected chi connectivity index (χ3v) is 4.80. The third-order valence-electron chi connectivity index (χ3n) is 3.31. The number of hydrogen-bond acceptors (Lipinski definition) is 4. The molecule has 0 amide bonds. The van der Waals surface area contributed by atoms with Gasteiger partial charge in [-0.25, -0.2) is 13.1 Å². The molecule has 0 bridgehead atoms. The van der Waals surface area contributed by atoms with E-state index in [-0.39, 0.29) is 6.04 Å². The number of methoxy groups -OCH3 is 1. The fourth-order valence-corrected chi connectivity index (χ4v) is 3.41. The topological polar surface area (TPSA) is 72.4 Å².